The summed E-state index contributed by atoms with van der Waals surface area (Å²) in [6.45, 7) is 5.59. The lowest BCUT2D eigenvalue weighted by Gasteiger charge is -2.33. The highest BCUT2D eigenvalue weighted by Gasteiger charge is 2.23. The van der Waals surface area contributed by atoms with Crippen LogP contribution in [0.25, 0.3) is 0 Å². The molecule has 1 aromatic heterocycles. The number of carbonyl (C=O) groups is 1. The minimum Gasteiger partial charge on any atom is -0.360 e. The van der Waals surface area contributed by atoms with Gasteiger partial charge in [-0.2, -0.15) is 4.98 Å². The van der Waals surface area contributed by atoms with Crippen LogP contribution in [0.5, 0.6) is 0 Å². The lowest BCUT2D eigenvalue weighted by molar-refractivity contribution is -0.132. The maximum absolute atomic E-state index is 13.6. The summed E-state index contributed by atoms with van der Waals surface area (Å²) < 4.78 is 13.6. The molecule has 7 heteroatoms. The van der Waals surface area contributed by atoms with Crippen molar-refractivity contribution >= 4 is 17.7 Å². The zero-order valence-corrected chi connectivity index (χ0v) is 14.3. The van der Waals surface area contributed by atoms with Crippen LogP contribution in [0.4, 0.5) is 16.2 Å². The first-order valence-electron chi connectivity index (χ1n) is 8.11. The fourth-order valence-corrected chi connectivity index (χ4v) is 2.68. The van der Waals surface area contributed by atoms with Crippen molar-refractivity contribution in [3.63, 3.8) is 0 Å². The normalized spacial score (nSPS) is 15.8. The van der Waals surface area contributed by atoms with E-state index in [1.807, 2.05) is 4.90 Å². The van der Waals surface area contributed by atoms with Gasteiger partial charge in [0.1, 0.15) is 0 Å². The molecule has 1 aliphatic heterocycles. The Balaban J connectivity index is 1.89. The smallest absolute Gasteiger partial charge is 0.225 e. The van der Waals surface area contributed by atoms with Crippen LogP contribution in [0.15, 0.2) is 6.20 Å². The van der Waals surface area contributed by atoms with Gasteiger partial charge < -0.3 is 15.1 Å². The summed E-state index contributed by atoms with van der Waals surface area (Å²) in [6, 6.07) is 0.207. The summed E-state index contributed by atoms with van der Waals surface area (Å²) in [7, 11) is 3.49. The quantitative estimate of drug-likeness (QED) is 0.899. The molecule has 6 nitrogen and oxygen atoms in total. The van der Waals surface area contributed by atoms with Crippen molar-refractivity contribution in [1.29, 1.82) is 0 Å². The number of carbonyl (C=O) groups excluding carboxylic acids is 1. The first-order chi connectivity index (χ1) is 10.9. The summed E-state index contributed by atoms with van der Waals surface area (Å²) in [4.78, 5) is 23.8. The Hall–Kier alpha value is -1.92. The fraction of sp³-hybridized carbons (Fsp3) is 0.688. The molecular formula is C16H26FN5O. The minimum atomic E-state index is -0.436. The average Bonchev–Trinajstić information content (AvgIpc) is 2.49. The second kappa shape index (κ2) is 7.57. The van der Waals surface area contributed by atoms with E-state index in [4.69, 9.17) is 0 Å². The molecule has 0 unspecified atom stereocenters. The Kier molecular flexibility index (Phi) is 5.74. The molecule has 128 valence electrons. The van der Waals surface area contributed by atoms with Crippen LogP contribution in [-0.4, -0.2) is 54.0 Å². The third-order valence-electron chi connectivity index (χ3n) is 3.91. The summed E-state index contributed by atoms with van der Waals surface area (Å²) in [5, 5.41) is 3.25. The molecule has 1 N–H and O–H groups in total. The van der Waals surface area contributed by atoms with Crippen molar-refractivity contribution in [3.8, 4) is 0 Å². The number of halogens is 1. The van der Waals surface area contributed by atoms with Crippen LogP contribution >= 0.6 is 0 Å². The Morgan fingerprint density at radius 2 is 2.09 bits per heavy atom. The second-order valence-corrected chi connectivity index (χ2v) is 6.66. The summed E-state index contributed by atoms with van der Waals surface area (Å²) in [6.07, 6.45) is 3.49. The number of hydrogen-bond donors (Lipinski definition) is 1. The zero-order valence-electron chi connectivity index (χ0n) is 14.3. The van der Waals surface area contributed by atoms with E-state index in [2.05, 4.69) is 29.1 Å². The predicted octanol–water partition coefficient (Wildman–Crippen LogP) is 2.13. The number of hydrogen-bond acceptors (Lipinski definition) is 5. The second-order valence-electron chi connectivity index (χ2n) is 6.66. The van der Waals surface area contributed by atoms with Crippen LogP contribution in [-0.2, 0) is 4.79 Å². The van der Waals surface area contributed by atoms with E-state index < -0.39 is 5.82 Å². The molecule has 1 aliphatic rings. The molecule has 0 saturated carbocycles. The highest BCUT2D eigenvalue weighted by atomic mass is 19.1. The summed E-state index contributed by atoms with van der Waals surface area (Å²) in [5.41, 5.74) is 0. The first kappa shape index (κ1) is 17.4. The topological polar surface area (TPSA) is 61.4 Å². The molecule has 0 radical (unpaired) electrons. The van der Waals surface area contributed by atoms with E-state index in [9.17, 15) is 9.18 Å². The summed E-state index contributed by atoms with van der Waals surface area (Å²) in [5.74, 6) is 0.880. The molecule has 1 amide bonds. The van der Waals surface area contributed by atoms with Crippen molar-refractivity contribution in [2.45, 2.75) is 39.2 Å². The number of aromatic nitrogens is 2. The molecular weight excluding hydrogens is 297 g/mol. The van der Waals surface area contributed by atoms with Gasteiger partial charge in [-0.3, -0.25) is 4.79 Å². The van der Waals surface area contributed by atoms with Crippen LogP contribution < -0.4 is 10.2 Å². The maximum Gasteiger partial charge on any atom is 0.225 e. The van der Waals surface area contributed by atoms with Crippen LogP contribution in [0, 0.1) is 11.7 Å². The van der Waals surface area contributed by atoms with Crippen molar-refractivity contribution in [2.24, 2.45) is 5.92 Å². The van der Waals surface area contributed by atoms with E-state index >= 15 is 0 Å². The van der Waals surface area contributed by atoms with E-state index in [1.165, 1.54) is 6.20 Å². The molecule has 1 aromatic rings. The third kappa shape index (κ3) is 4.77. The van der Waals surface area contributed by atoms with E-state index in [0.29, 0.717) is 18.3 Å². The molecule has 2 rings (SSSR count). The molecule has 23 heavy (non-hydrogen) atoms. The standard InChI is InChI=1S/C16H26FN5O/c1-11(2)9-14(23)22-7-5-12(6-8-22)19-16-18-10-13(17)15(20-16)21(3)4/h10-12H,5-9H2,1-4H3,(H,18,19,20). The Labute approximate surface area is 137 Å². The van der Waals surface area contributed by atoms with Crippen LogP contribution in [0.3, 0.4) is 0 Å². The number of nitrogens with one attached hydrogen (secondary N) is 1. The highest BCUT2D eigenvalue weighted by Crippen LogP contribution is 2.19. The number of rotatable bonds is 5. The van der Waals surface area contributed by atoms with E-state index in [0.717, 1.165) is 25.9 Å². The Bertz CT molecular complexity index is 541. The number of nitrogens with zero attached hydrogens (tertiary/aromatic N) is 4. The van der Waals surface area contributed by atoms with Gasteiger partial charge in [-0.05, 0) is 18.8 Å². The predicted molar refractivity (Wildman–Crippen MR) is 89.0 cm³/mol. The van der Waals surface area contributed by atoms with Gasteiger partial charge >= 0.3 is 0 Å². The van der Waals surface area contributed by atoms with Crippen LogP contribution in [0.1, 0.15) is 33.1 Å². The molecule has 0 aliphatic carbocycles. The Morgan fingerprint density at radius 3 is 2.65 bits per heavy atom. The molecule has 0 atom stereocenters. The highest BCUT2D eigenvalue weighted by molar-refractivity contribution is 5.76. The van der Waals surface area contributed by atoms with Gasteiger partial charge in [-0.1, -0.05) is 13.8 Å². The average molecular weight is 323 g/mol. The number of amides is 1. The number of piperidine rings is 1. The van der Waals surface area contributed by atoms with E-state index in [1.54, 1.807) is 19.0 Å². The maximum atomic E-state index is 13.6. The largest absolute Gasteiger partial charge is 0.360 e. The lowest BCUT2D eigenvalue weighted by Crippen LogP contribution is -2.42. The summed E-state index contributed by atoms with van der Waals surface area (Å²) >= 11 is 0. The minimum absolute atomic E-state index is 0.207. The van der Waals surface area contributed by atoms with E-state index in [-0.39, 0.29) is 17.8 Å². The SMILES string of the molecule is CC(C)CC(=O)N1CCC(Nc2ncc(F)c(N(C)C)n2)CC1. The molecule has 0 bridgehead atoms. The van der Waals surface area contributed by atoms with Crippen molar-refractivity contribution in [3.05, 3.63) is 12.0 Å². The van der Waals surface area contributed by atoms with Gasteiger partial charge in [0.25, 0.3) is 0 Å². The molecule has 0 spiro atoms. The molecule has 1 saturated heterocycles. The Morgan fingerprint density at radius 1 is 1.43 bits per heavy atom. The van der Waals surface area contributed by atoms with Crippen LogP contribution in [0.2, 0.25) is 0 Å². The third-order valence-corrected chi connectivity index (χ3v) is 3.91. The lowest BCUT2D eigenvalue weighted by atomic mass is 10.0. The number of likely N-dealkylation sites (tertiary alicyclic amines) is 1. The van der Waals surface area contributed by atoms with Crippen molar-refractivity contribution in [2.75, 3.05) is 37.4 Å². The van der Waals surface area contributed by atoms with Crippen molar-refractivity contribution < 1.29 is 9.18 Å². The molecule has 1 fully saturated rings. The zero-order chi connectivity index (χ0) is 17.0. The van der Waals surface area contributed by atoms with Gasteiger partial charge in [0.2, 0.25) is 11.9 Å². The van der Waals surface area contributed by atoms with Gasteiger partial charge in [0, 0.05) is 39.6 Å². The van der Waals surface area contributed by atoms with Gasteiger partial charge in [-0.15, -0.1) is 0 Å². The van der Waals surface area contributed by atoms with Gasteiger partial charge in [0.15, 0.2) is 11.6 Å². The molecule has 0 aromatic carbocycles. The monoisotopic (exact) mass is 323 g/mol. The van der Waals surface area contributed by atoms with Gasteiger partial charge in [-0.25, -0.2) is 9.37 Å². The van der Waals surface area contributed by atoms with Crippen molar-refractivity contribution in [1.82, 2.24) is 14.9 Å². The molecule has 2 heterocycles. The number of anilines is 2. The van der Waals surface area contributed by atoms with Gasteiger partial charge in [0.05, 0.1) is 6.20 Å². The fourth-order valence-electron chi connectivity index (χ4n) is 2.68. The first-order valence-corrected chi connectivity index (χ1v) is 8.11.